The summed E-state index contributed by atoms with van der Waals surface area (Å²) in [5.41, 5.74) is 0.0276. The number of hydrogen-bond donors (Lipinski definition) is 0. The number of halogens is 2. The first-order chi connectivity index (χ1) is 12.4. The Bertz CT molecular complexity index is 697. The molecule has 1 aromatic carbocycles. The summed E-state index contributed by atoms with van der Waals surface area (Å²) in [5.74, 6) is -1.78. The SMILES string of the molecule is COCCC(=O)N1CCC2(CCCN(Cc3ccc(F)c(F)c3)C2=O)C1. The lowest BCUT2D eigenvalue weighted by atomic mass is 9.78. The monoisotopic (exact) mass is 366 g/mol. The Morgan fingerprint density at radius 3 is 2.77 bits per heavy atom. The normalized spacial score (nSPS) is 23.1. The Morgan fingerprint density at radius 1 is 1.23 bits per heavy atom. The number of amides is 2. The van der Waals surface area contributed by atoms with E-state index in [2.05, 4.69) is 0 Å². The Morgan fingerprint density at radius 2 is 2.04 bits per heavy atom. The minimum Gasteiger partial charge on any atom is -0.384 e. The molecule has 5 nitrogen and oxygen atoms in total. The van der Waals surface area contributed by atoms with Crippen molar-refractivity contribution in [3.8, 4) is 0 Å². The lowest BCUT2D eigenvalue weighted by molar-refractivity contribution is -0.146. The van der Waals surface area contributed by atoms with Crippen molar-refractivity contribution in [3.05, 3.63) is 35.4 Å². The van der Waals surface area contributed by atoms with E-state index in [9.17, 15) is 18.4 Å². The molecule has 0 radical (unpaired) electrons. The molecule has 2 saturated heterocycles. The topological polar surface area (TPSA) is 49.9 Å². The second-order valence-electron chi connectivity index (χ2n) is 7.17. The highest BCUT2D eigenvalue weighted by Crippen LogP contribution is 2.40. The van der Waals surface area contributed by atoms with Gasteiger partial charge in [0.25, 0.3) is 0 Å². The zero-order chi connectivity index (χ0) is 18.7. The number of benzene rings is 1. The van der Waals surface area contributed by atoms with Gasteiger partial charge >= 0.3 is 0 Å². The maximum atomic E-state index is 13.4. The molecule has 7 heteroatoms. The van der Waals surface area contributed by atoms with Gasteiger partial charge in [0, 0.05) is 33.3 Å². The molecule has 2 fully saturated rings. The Hall–Kier alpha value is -2.02. The van der Waals surface area contributed by atoms with Crippen molar-refractivity contribution < 1.29 is 23.1 Å². The van der Waals surface area contributed by atoms with Crippen LogP contribution < -0.4 is 0 Å². The van der Waals surface area contributed by atoms with Gasteiger partial charge in [0.1, 0.15) is 0 Å². The average Bonchev–Trinajstić information content (AvgIpc) is 3.05. The number of piperidine rings is 1. The van der Waals surface area contributed by atoms with Crippen LogP contribution in [-0.2, 0) is 20.9 Å². The van der Waals surface area contributed by atoms with Gasteiger partial charge in [-0.3, -0.25) is 9.59 Å². The highest BCUT2D eigenvalue weighted by atomic mass is 19.2. The van der Waals surface area contributed by atoms with Crippen molar-refractivity contribution in [3.63, 3.8) is 0 Å². The minimum atomic E-state index is -0.905. The molecule has 26 heavy (non-hydrogen) atoms. The van der Waals surface area contributed by atoms with Crippen LogP contribution in [0.25, 0.3) is 0 Å². The van der Waals surface area contributed by atoms with E-state index in [1.54, 1.807) is 16.9 Å². The first-order valence-corrected chi connectivity index (χ1v) is 8.95. The number of nitrogens with zero attached hydrogens (tertiary/aromatic N) is 2. The van der Waals surface area contributed by atoms with Crippen molar-refractivity contribution in [2.75, 3.05) is 33.4 Å². The molecule has 2 heterocycles. The fourth-order valence-corrected chi connectivity index (χ4v) is 3.97. The summed E-state index contributed by atoms with van der Waals surface area (Å²) < 4.78 is 31.5. The van der Waals surface area contributed by atoms with Gasteiger partial charge in [-0.15, -0.1) is 0 Å². The van der Waals surface area contributed by atoms with Crippen LogP contribution in [0.4, 0.5) is 8.78 Å². The molecule has 0 saturated carbocycles. The zero-order valence-electron chi connectivity index (χ0n) is 15.0. The number of carbonyl (C=O) groups is 2. The van der Waals surface area contributed by atoms with Crippen molar-refractivity contribution in [2.45, 2.75) is 32.2 Å². The second kappa shape index (κ2) is 7.70. The van der Waals surface area contributed by atoms with Crippen LogP contribution in [0.3, 0.4) is 0 Å². The maximum absolute atomic E-state index is 13.4. The molecule has 2 amide bonds. The molecule has 2 aliphatic rings. The smallest absolute Gasteiger partial charge is 0.230 e. The third-order valence-corrected chi connectivity index (χ3v) is 5.41. The zero-order valence-corrected chi connectivity index (χ0v) is 15.0. The van der Waals surface area contributed by atoms with Crippen LogP contribution in [0, 0.1) is 17.0 Å². The molecule has 142 valence electrons. The highest BCUT2D eigenvalue weighted by molar-refractivity contribution is 5.86. The molecule has 1 atom stereocenters. The molecule has 0 aromatic heterocycles. The molecule has 2 aliphatic heterocycles. The van der Waals surface area contributed by atoms with E-state index < -0.39 is 17.0 Å². The van der Waals surface area contributed by atoms with Gasteiger partial charge < -0.3 is 14.5 Å². The number of carbonyl (C=O) groups excluding carboxylic acids is 2. The van der Waals surface area contributed by atoms with Gasteiger partial charge in [0.15, 0.2) is 11.6 Å². The lowest BCUT2D eigenvalue weighted by Crippen LogP contribution is -2.50. The van der Waals surface area contributed by atoms with Crippen LogP contribution >= 0.6 is 0 Å². The van der Waals surface area contributed by atoms with E-state index in [-0.39, 0.29) is 18.4 Å². The van der Waals surface area contributed by atoms with Crippen molar-refractivity contribution in [1.82, 2.24) is 9.80 Å². The quantitative estimate of drug-likeness (QED) is 0.804. The predicted octanol–water partition coefficient (Wildman–Crippen LogP) is 2.34. The Kier molecular flexibility index (Phi) is 5.55. The van der Waals surface area contributed by atoms with E-state index >= 15 is 0 Å². The summed E-state index contributed by atoms with van der Waals surface area (Å²) in [6.07, 6.45) is 2.57. The largest absolute Gasteiger partial charge is 0.384 e. The number of rotatable bonds is 5. The van der Waals surface area contributed by atoms with E-state index in [0.29, 0.717) is 44.6 Å². The summed E-state index contributed by atoms with van der Waals surface area (Å²) >= 11 is 0. The molecular weight excluding hydrogens is 342 g/mol. The van der Waals surface area contributed by atoms with Gasteiger partial charge in [-0.05, 0) is 37.0 Å². The summed E-state index contributed by atoms with van der Waals surface area (Å²) in [5, 5.41) is 0. The number of methoxy groups -OCH3 is 1. The van der Waals surface area contributed by atoms with Gasteiger partial charge in [-0.2, -0.15) is 0 Å². The molecule has 0 aliphatic carbocycles. The molecule has 0 N–H and O–H groups in total. The molecule has 0 bridgehead atoms. The maximum Gasteiger partial charge on any atom is 0.230 e. The lowest BCUT2D eigenvalue weighted by Gasteiger charge is -2.39. The summed E-state index contributed by atoms with van der Waals surface area (Å²) in [7, 11) is 1.56. The third kappa shape index (κ3) is 3.72. The average molecular weight is 366 g/mol. The molecule has 1 aromatic rings. The standard InChI is InChI=1S/C19H24F2N2O3/c1-26-10-5-17(24)23-9-7-19(13-23)6-2-8-22(18(19)25)12-14-3-4-15(20)16(21)11-14/h3-4,11H,2,5-10,12-13H2,1H3. The van der Waals surface area contributed by atoms with Crippen molar-refractivity contribution >= 4 is 11.8 Å². The third-order valence-electron chi connectivity index (χ3n) is 5.41. The van der Waals surface area contributed by atoms with Gasteiger partial charge in [-0.25, -0.2) is 8.78 Å². The first kappa shape index (κ1) is 18.8. The van der Waals surface area contributed by atoms with E-state index in [1.807, 2.05) is 0 Å². The molecular formula is C19H24F2N2O3. The summed E-state index contributed by atoms with van der Waals surface area (Å²) in [6, 6.07) is 3.72. The minimum absolute atomic E-state index is 0.00857. The Labute approximate surface area is 151 Å². The van der Waals surface area contributed by atoms with Gasteiger partial charge in [0.05, 0.1) is 18.4 Å². The van der Waals surface area contributed by atoms with Crippen molar-refractivity contribution in [2.24, 2.45) is 5.41 Å². The Balaban J connectivity index is 1.67. The van der Waals surface area contributed by atoms with Crippen molar-refractivity contribution in [1.29, 1.82) is 0 Å². The van der Waals surface area contributed by atoms with Crippen LogP contribution in [0.1, 0.15) is 31.2 Å². The predicted molar refractivity (Wildman–Crippen MR) is 91.1 cm³/mol. The fourth-order valence-electron chi connectivity index (χ4n) is 3.97. The van der Waals surface area contributed by atoms with Crippen LogP contribution in [-0.4, -0.2) is 55.0 Å². The van der Waals surface area contributed by atoms with Gasteiger partial charge in [-0.1, -0.05) is 6.07 Å². The van der Waals surface area contributed by atoms with Crippen LogP contribution in [0.5, 0.6) is 0 Å². The summed E-state index contributed by atoms with van der Waals surface area (Å²) in [4.78, 5) is 28.8. The van der Waals surface area contributed by atoms with Gasteiger partial charge in [0.2, 0.25) is 11.8 Å². The fraction of sp³-hybridized carbons (Fsp3) is 0.579. The number of likely N-dealkylation sites (tertiary alicyclic amines) is 2. The molecule has 1 unspecified atom stereocenters. The van der Waals surface area contributed by atoms with Crippen LogP contribution in [0.2, 0.25) is 0 Å². The van der Waals surface area contributed by atoms with E-state index in [1.165, 1.54) is 6.07 Å². The number of ether oxygens (including phenoxy) is 1. The second-order valence-corrected chi connectivity index (χ2v) is 7.17. The van der Waals surface area contributed by atoms with E-state index in [0.717, 1.165) is 25.0 Å². The molecule has 1 spiro atoms. The molecule has 3 rings (SSSR count). The first-order valence-electron chi connectivity index (χ1n) is 8.95. The number of hydrogen-bond acceptors (Lipinski definition) is 3. The van der Waals surface area contributed by atoms with E-state index in [4.69, 9.17) is 4.74 Å². The highest BCUT2D eigenvalue weighted by Gasteiger charge is 2.49. The summed E-state index contributed by atoms with van der Waals surface area (Å²) in [6.45, 7) is 2.24. The van der Waals surface area contributed by atoms with Crippen LogP contribution in [0.15, 0.2) is 18.2 Å².